The van der Waals surface area contributed by atoms with Gasteiger partial charge < -0.3 is 18.9 Å². The van der Waals surface area contributed by atoms with Crippen LogP contribution in [0.4, 0.5) is 0 Å². The summed E-state index contributed by atoms with van der Waals surface area (Å²) in [6.45, 7) is 2.18. The molecule has 2 N–H and O–H groups in total. The molecule has 3 atom stereocenters. The van der Waals surface area contributed by atoms with Gasteiger partial charge in [0.15, 0.2) is 0 Å². The quantitative estimate of drug-likeness (QED) is 0.608. The van der Waals surface area contributed by atoms with Crippen molar-refractivity contribution in [1.82, 2.24) is 0 Å². The van der Waals surface area contributed by atoms with E-state index in [1.165, 1.54) is 12.8 Å². The molecule has 13 heavy (non-hydrogen) atoms. The van der Waals surface area contributed by atoms with E-state index in [2.05, 4.69) is 16.3 Å². The number of halogens is 1. The van der Waals surface area contributed by atoms with Crippen molar-refractivity contribution in [3.63, 3.8) is 0 Å². The molecule has 4 heteroatoms. The summed E-state index contributed by atoms with van der Waals surface area (Å²) in [4.78, 5) is 0. The van der Waals surface area contributed by atoms with Gasteiger partial charge in [0.2, 0.25) is 0 Å². The Labute approximate surface area is 97.6 Å². The van der Waals surface area contributed by atoms with Crippen molar-refractivity contribution in [2.24, 2.45) is 5.92 Å². The zero-order chi connectivity index (χ0) is 9.56. The first-order valence-corrected chi connectivity index (χ1v) is 7.09. The Bertz CT molecular complexity index is 114. The first-order valence-electron chi connectivity index (χ1n) is 4.28. The van der Waals surface area contributed by atoms with E-state index in [-0.39, 0.29) is 19.5 Å². The van der Waals surface area contributed by atoms with Crippen molar-refractivity contribution < 1.29 is 18.8 Å². The average Bonchev–Trinajstić information content (AvgIpc) is 2.13. The molecule has 0 heterocycles. The third kappa shape index (κ3) is 6.06. The Morgan fingerprint density at radius 1 is 1.23 bits per heavy atom. The number of hydrogen-bond acceptors (Lipinski definition) is 0. The minimum atomic E-state index is -0.0984. The topological polar surface area (TPSA) is 47.6 Å². The predicted molar refractivity (Wildman–Crippen MR) is 56.1 cm³/mol. The van der Waals surface area contributed by atoms with Gasteiger partial charge in [-0.3, -0.25) is 0 Å². The van der Waals surface area contributed by atoms with Crippen LogP contribution >= 0.6 is 9.42 Å². The van der Waals surface area contributed by atoms with Gasteiger partial charge >= 0.3 is 28.2 Å². The molecule has 0 aromatic carbocycles. The molecule has 3 unspecified atom stereocenters. The molecule has 0 amide bonds. The molecule has 85 valence electrons. The summed E-state index contributed by atoms with van der Waals surface area (Å²) in [7, 11) is 4.61. The summed E-state index contributed by atoms with van der Waals surface area (Å²) in [6, 6.07) is -0.193. The molecule has 1 aliphatic rings. The van der Waals surface area contributed by atoms with Gasteiger partial charge in [-0.25, -0.2) is 0 Å². The molecular formula is C9H19ClN2Pt-3. The van der Waals surface area contributed by atoms with Crippen molar-refractivity contribution >= 4 is 9.42 Å². The van der Waals surface area contributed by atoms with Crippen LogP contribution in [0.1, 0.15) is 32.6 Å². The molecule has 1 saturated carbocycles. The van der Waals surface area contributed by atoms with E-state index in [1.807, 2.05) is 0 Å². The minimum absolute atomic E-state index is 0. The predicted octanol–water partition coefficient (Wildman–Crippen LogP) is 4.18. The van der Waals surface area contributed by atoms with Crippen LogP contribution in [0.15, 0.2) is 0 Å². The van der Waals surface area contributed by atoms with Gasteiger partial charge in [0.25, 0.3) is 0 Å². The molecule has 1 fully saturated rings. The summed E-state index contributed by atoms with van der Waals surface area (Å²) >= 11 is 1.61. The van der Waals surface area contributed by atoms with E-state index in [0.29, 0.717) is 0 Å². The molecule has 0 saturated heterocycles. The third-order valence-electron chi connectivity index (χ3n) is 2.54. The monoisotopic (exact) mass is 385 g/mol. The Hall–Kier alpha value is 0.898. The average molecular weight is 386 g/mol. The molecule has 1 rings (SSSR count). The van der Waals surface area contributed by atoms with E-state index < -0.39 is 0 Å². The van der Waals surface area contributed by atoms with Crippen LogP contribution in [0, 0.1) is 13.3 Å². The fourth-order valence-corrected chi connectivity index (χ4v) is 1.63. The summed E-state index contributed by atoms with van der Waals surface area (Å²) in [6.07, 6.45) is 4.29. The molecule has 0 aromatic rings. The second-order valence-corrected chi connectivity index (χ2v) is 3.30. The van der Waals surface area contributed by atoms with Crippen molar-refractivity contribution in [1.29, 1.82) is 0 Å². The van der Waals surface area contributed by atoms with Gasteiger partial charge in [-0.2, -0.15) is 12.1 Å². The Balaban J connectivity index is 0. The van der Waals surface area contributed by atoms with Crippen LogP contribution in [0.3, 0.4) is 0 Å². The summed E-state index contributed by atoms with van der Waals surface area (Å²) in [5.41, 5.74) is 15.0. The number of rotatable bonds is 1. The second-order valence-electron chi connectivity index (χ2n) is 3.30. The van der Waals surface area contributed by atoms with Crippen LogP contribution in [-0.4, -0.2) is 12.1 Å². The standard InChI is InChI=1S/C8H16N2.CH3.ClH.Pt/c1-2-6-3-4-7(9)8(10)5-6;;;/h6-10H,2-5H2,1H3;1H3;1H;/q-2;-1;;+1/p-1. The fourth-order valence-electron chi connectivity index (χ4n) is 1.63. The van der Waals surface area contributed by atoms with Gasteiger partial charge in [-0.15, -0.1) is 0 Å². The summed E-state index contributed by atoms with van der Waals surface area (Å²) in [5.74, 6) is 0.740. The van der Waals surface area contributed by atoms with Crippen LogP contribution < -0.4 is 0 Å². The number of hydrogen-bond donors (Lipinski definition) is 0. The molecule has 0 aromatic heterocycles. The zero-order valence-electron chi connectivity index (χ0n) is 8.25. The molecule has 0 spiro atoms. The first kappa shape index (κ1) is 16.3. The maximum atomic E-state index is 7.52. The van der Waals surface area contributed by atoms with Gasteiger partial charge in [0, 0.05) is 0 Å². The van der Waals surface area contributed by atoms with Crippen molar-refractivity contribution in [3.05, 3.63) is 18.9 Å². The van der Waals surface area contributed by atoms with Gasteiger partial charge in [0.1, 0.15) is 0 Å². The molecule has 0 radical (unpaired) electrons. The Kier molecular flexibility index (Phi) is 11.9. The normalized spacial score (nSPS) is 32.6. The van der Waals surface area contributed by atoms with E-state index >= 15 is 0 Å². The van der Waals surface area contributed by atoms with Gasteiger partial charge in [-0.05, 0) is 5.92 Å². The SMILES string of the molecule is CCC1CCC([NH-])C([NH-])C1.[CH3-].[Cl][Pt]. The molecule has 2 nitrogen and oxygen atoms in total. The molecule has 0 bridgehead atoms. The van der Waals surface area contributed by atoms with Crippen LogP contribution in [0.25, 0.3) is 11.5 Å². The Morgan fingerprint density at radius 3 is 2.15 bits per heavy atom. The molecule has 0 aliphatic heterocycles. The number of nitrogens with one attached hydrogen (secondary N) is 2. The van der Waals surface area contributed by atoms with E-state index in [1.54, 1.807) is 18.8 Å². The molecule has 1 aliphatic carbocycles. The van der Waals surface area contributed by atoms with E-state index in [9.17, 15) is 0 Å². The first-order chi connectivity index (χ1) is 5.74. The maximum absolute atomic E-state index is 7.52. The second kappa shape index (κ2) is 9.45. The van der Waals surface area contributed by atoms with Gasteiger partial charge in [-0.1, -0.05) is 32.6 Å². The zero-order valence-corrected chi connectivity index (χ0v) is 11.3. The third-order valence-corrected chi connectivity index (χ3v) is 2.54. The Morgan fingerprint density at radius 2 is 1.77 bits per heavy atom. The summed E-state index contributed by atoms with van der Waals surface area (Å²) in [5, 5.41) is 0. The fraction of sp³-hybridized carbons (Fsp3) is 0.889. The van der Waals surface area contributed by atoms with Crippen LogP contribution in [-0.2, 0) is 18.8 Å². The van der Waals surface area contributed by atoms with Crippen molar-refractivity contribution in [2.75, 3.05) is 0 Å². The van der Waals surface area contributed by atoms with Crippen LogP contribution in [0.5, 0.6) is 0 Å². The summed E-state index contributed by atoms with van der Waals surface area (Å²) < 4.78 is 0. The van der Waals surface area contributed by atoms with Crippen molar-refractivity contribution in [3.8, 4) is 0 Å². The van der Waals surface area contributed by atoms with Gasteiger partial charge in [0.05, 0.1) is 0 Å². The van der Waals surface area contributed by atoms with Crippen molar-refractivity contribution in [2.45, 2.75) is 44.7 Å². The van der Waals surface area contributed by atoms with E-state index in [0.717, 1.165) is 18.8 Å². The molecular weight excluding hydrogens is 367 g/mol. The van der Waals surface area contributed by atoms with E-state index in [4.69, 9.17) is 11.5 Å². The van der Waals surface area contributed by atoms with Crippen LogP contribution in [0.2, 0.25) is 0 Å².